The van der Waals surface area contributed by atoms with Gasteiger partial charge in [0.15, 0.2) is 0 Å². The molecule has 0 saturated heterocycles. The second-order valence-corrected chi connectivity index (χ2v) is 7.17. The van der Waals surface area contributed by atoms with E-state index in [1.54, 1.807) is 18.3 Å². The number of nitrogens with zero attached hydrogens (tertiary/aromatic N) is 2. The van der Waals surface area contributed by atoms with E-state index in [1.807, 2.05) is 4.90 Å². The quantitative estimate of drug-likeness (QED) is 0.667. The lowest BCUT2D eigenvalue weighted by atomic mass is 9.83. The second-order valence-electron chi connectivity index (χ2n) is 7.17. The van der Waals surface area contributed by atoms with Crippen molar-refractivity contribution in [1.29, 1.82) is 0 Å². The summed E-state index contributed by atoms with van der Waals surface area (Å²) in [5.41, 5.74) is 2.15. The molecule has 2 heterocycles. The van der Waals surface area contributed by atoms with Crippen LogP contribution in [0, 0.1) is 5.41 Å². The Morgan fingerprint density at radius 2 is 2.12 bits per heavy atom. The Kier molecular flexibility index (Phi) is 6.12. The van der Waals surface area contributed by atoms with E-state index in [4.69, 9.17) is 0 Å². The Bertz CT molecular complexity index is 603. The third-order valence-electron chi connectivity index (χ3n) is 4.30. The Morgan fingerprint density at radius 3 is 2.71 bits per heavy atom. The summed E-state index contributed by atoms with van der Waals surface area (Å²) in [6, 6.07) is 3.45. The molecule has 2 rings (SSSR count). The third-order valence-corrected chi connectivity index (χ3v) is 4.30. The fourth-order valence-corrected chi connectivity index (χ4v) is 2.78. The number of carbonyl (C=O) groups excluding carboxylic acids is 2. The van der Waals surface area contributed by atoms with Gasteiger partial charge in [0.1, 0.15) is 0 Å². The monoisotopic (exact) mass is 329 g/mol. The summed E-state index contributed by atoms with van der Waals surface area (Å²) in [6.07, 6.45) is 7.42. The molecule has 0 aliphatic carbocycles. The van der Waals surface area contributed by atoms with Crippen molar-refractivity contribution in [3.05, 3.63) is 41.7 Å². The van der Waals surface area contributed by atoms with Gasteiger partial charge in [0.05, 0.1) is 5.56 Å². The van der Waals surface area contributed by atoms with Crippen LogP contribution in [0.3, 0.4) is 0 Å². The van der Waals surface area contributed by atoms with Crippen LogP contribution in [0.15, 0.2) is 36.2 Å². The first kappa shape index (κ1) is 18.2. The Labute approximate surface area is 144 Å². The summed E-state index contributed by atoms with van der Waals surface area (Å²) in [7, 11) is 0. The molecule has 1 aromatic rings. The first-order valence-corrected chi connectivity index (χ1v) is 8.53. The first-order chi connectivity index (χ1) is 11.4. The van der Waals surface area contributed by atoms with Crippen molar-refractivity contribution in [2.75, 3.05) is 19.6 Å². The standard InChI is InChI=1S/C19H27N3O2/c1-19(2,3)16-8-12-22(13-9-16)17(23)7-5-11-21-18(24)15-6-4-10-20-14-15/h4,6,8,10,14H,5,7,9,11-13H2,1-3H3,(H,21,24). The van der Waals surface area contributed by atoms with Crippen molar-refractivity contribution in [3.8, 4) is 0 Å². The normalized spacial score (nSPS) is 15.0. The molecule has 0 unspecified atom stereocenters. The van der Waals surface area contributed by atoms with Gasteiger partial charge < -0.3 is 10.2 Å². The van der Waals surface area contributed by atoms with Crippen LogP contribution in [0.4, 0.5) is 0 Å². The molecule has 1 aromatic heterocycles. The van der Waals surface area contributed by atoms with E-state index in [9.17, 15) is 9.59 Å². The van der Waals surface area contributed by atoms with E-state index < -0.39 is 0 Å². The third kappa shape index (κ3) is 5.18. The van der Waals surface area contributed by atoms with E-state index >= 15 is 0 Å². The Hall–Kier alpha value is -2.17. The second kappa shape index (κ2) is 8.08. The van der Waals surface area contributed by atoms with Crippen LogP contribution >= 0.6 is 0 Å². The van der Waals surface area contributed by atoms with Crippen LogP contribution in [0.5, 0.6) is 0 Å². The summed E-state index contributed by atoms with van der Waals surface area (Å²) >= 11 is 0. The fraction of sp³-hybridized carbons (Fsp3) is 0.526. The first-order valence-electron chi connectivity index (χ1n) is 8.53. The molecule has 24 heavy (non-hydrogen) atoms. The molecule has 5 nitrogen and oxygen atoms in total. The summed E-state index contributed by atoms with van der Waals surface area (Å²) in [5, 5.41) is 2.82. The molecule has 0 bridgehead atoms. The molecule has 0 radical (unpaired) electrons. The summed E-state index contributed by atoms with van der Waals surface area (Å²) in [5.74, 6) is 0.0149. The Balaban J connectivity index is 1.69. The van der Waals surface area contributed by atoms with Gasteiger partial charge in [0, 0.05) is 38.4 Å². The van der Waals surface area contributed by atoms with Crippen molar-refractivity contribution in [3.63, 3.8) is 0 Å². The van der Waals surface area contributed by atoms with Gasteiger partial charge in [-0.3, -0.25) is 14.6 Å². The minimum Gasteiger partial charge on any atom is -0.352 e. The molecule has 1 N–H and O–H groups in total. The van der Waals surface area contributed by atoms with Crippen molar-refractivity contribution in [2.24, 2.45) is 5.41 Å². The maximum absolute atomic E-state index is 12.2. The number of pyridine rings is 1. The molecular weight excluding hydrogens is 302 g/mol. The van der Waals surface area contributed by atoms with Gasteiger partial charge in [-0.1, -0.05) is 32.4 Å². The van der Waals surface area contributed by atoms with Gasteiger partial charge in [-0.25, -0.2) is 0 Å². The van der Waals surface area contributed by atoms with Crippen molar-refractivity contribution in [2.45, 2.75) is 40.0 Å². The molecule has 0 atom stereocenters. The lowest BCUT2D eigenvalue weighted by molar-refractivity contribution is -0.131. The predicted molar refractivity (Wildman–Crippen MR) is 94.5 cm³/mol. The highest BCUT2D eigenvalue weighted by Crippen LogP contribution is 2.30. The zero-order chi connectivity index (χ0) is 17.6. The van der Waals surface area contributed by atoms with Gasteiger partial charge in [-0.05, 0) is 30.4 Å². The summed E-state index contributed by atoms with van der Waals surface area (Å²) in [6.45, 7) is 8.62. The number of rotatable bonds is 5. The van der Waals surface area contributed by atoms with Crippen molar-refractivity contribution < 1.29 is 9.59 Å². The number of hydrogen-bond donors (Lipinski definition) is 1. The van der Waals surface area contributed by atoms with E-state index in [-0.39, 0.29) is 17.2 Å². The number of hydrogen-bond acceptors (Lipinski definition) is 3. The van der Waals surface area contributed by atoms with Crippen LogP contribution in [-0.2, 0) is 4.79 Å². The number of aromatic nitrogens is 1. The number of nitrogens with one attached hydrogen (secondary N) is 1. The highest BCUT2D eigenvalue weighted by Gasteiger charge is 2.23. The molecule has 2 amide bonds. The molecular formula is C19H27N3O2. The zero-order valence-electron chi connectivity index (χ0n) is 14.8. The highest BCUT2D eigenvalue weighted by molar-refractivity contribution is 5.93. The lowest BCUT2D eigenvalue weighted by Crippen LogP contribution is -2.36. The van der Waals surface area contributed by atoms with E-state index in [0.717, 1.165) is 13.0 Å². The average Bonchev–Trinajstić information content (AvgIpc) is 2.58. The molecule has 1 aliphatic heterocycles. The average molecular weight is 329 g/mol. The SMILES string of the molecule is CC(C)(C)C1=CCN(C(=O)CCCNC(=O)c2cccnc2)CC1. The summed E-state index contributed by atoms with van der Waals surface area (Å²) in [4.78, 5) is 29.9. The van der Waals surface area contributed by atoms with Crippen LogP contribution in [0.1, 0.15) is 50.4 Å². The van der Waals surface area contributed by atoms with Gasteiger partial charge in [0.2, 0.25) is 5.91 Å². The van der Waals surface area contributed by atoms with E-state index in [2.05, 4.69) is 37.1 Å². The van der Waals surface area contributed by atoms with Crippen LogP contribution in [0.2, 0.25) is 0 Å². The molecule has 0 saturated carbocycles. The largest absolute Gasteiger partial charge is 0.352 e. The van der Waals surface area contributed by atoms with Crippen molar-refractivity contribution >= 4 is 11.8 Å². The van der Waals surface area contributed by atoms with E-state index in [0.29, 0.717) is 31.5 Å². The highest BCUT2D eigenvalue weighted by atomic mass is 16.2. The molecule has 130 valence electrons. The van der Waals surface area contributed by atoms with Crippen LogP contribution in [0.25, 0.3) is 0 Å². The smallest absolute Gasteiger partial charge is 0.252 e. The minimum atomic E-state index is -0.147. The van der Waals surface area contributed by atoms with Crippen LogP contribution in [-0.4, -0.2) is 41.3 Å². The van der Waals surface area contributed by atoms with Crippen LogP contribution < -0.4 is 5.32 Å². The van der Waals surface area contributed by atoms with Crippen molar-refractivity contribution in [1.82, 2.24) is 15.2 Å². The summed E-state index contributed by atoms with van der Waals surface area (Å²) < 4.78 is 0. The molecule has 1 aliphatic rings. The van der Waals surface area contributed by atoms with Gasteiger partial charge in [-0.2, -0.15) is 0 Å². The van der Waals surface area contributed by atoms with E-state index in [1.165, 1.54) is 11.8 Å². The molecule has 5 heteroatoms. The topological polar surface area (TPSA) is 62.3 Å². The lowest BCUT2D eigenvalue weighted by Gasteiger charge is -2.32. The van der Waals surface area contributed by atoms with Gasteiger partial charge >= 0.3 is 0 Å². The number of carbonyl (C=O) groups is 2. The predicted octanol–water partition coefficient (Wildman–Crippen LogP) is 2.80. The Morgan fingerprint density at radius 1 is 1.33 bits per heavy atom. The van der Waals surface area contributed by atoms with Gasteiger partial charge in [0.25, 0.3) is 5.91 Å². The minimum absolute atomic E-state index is 0.147. The maximum Gasteiger partial charge on any atom is 0.252 e. The number of amides is 2. The van der Waals surface area contributed by atoms with Gasteiger partial charge in [-0.15, -0.1) is 0 Å². The fourth-order valence-electron chi connectivity index (χ4n) is 2.78. The molecule has 0 fully saturated rings. The maximum atomic E-state index is 12.2. The zero-order valence-corrected chi connectivity index (χ0v) is 14.8. The molecule has 0 spiro atoms. The molecule has 0 aromatic carbocycles.